The van der Waals surface area contributed by atoms with Crippen molar-refractivity contribution in [3.05, 3.63) is 53.6 Å². The highest BCUT2D eigenvalue weighted by molar-refractivity contribution is 5.77. The number of hydrogen-bond donors (Lipinski definition) is 1. The molecular weight excluding hydrogens is 308 g/mol. The molecular formula is C19H22O5. The molecule has 0 spiro atoms. The summed E-state index contributed by atoms with van der Waals surface area (Å²) in [4.78, 5) is 11.8. The summed E-state index contributed by atoms with van der Waals surface area (Å²) >= 11 is 0. The molecule has 2 rings (SSSR count). The first-order chi connectivity index (χ1) is 11.6. The molecule has 0 aromatic heterocycles. The molecule has 0 bridgehead atoms. The second-order valence-electron chi connectivity index (χ2n) is 5.26. The van der Waals surface area contributed by atoms with Crippen LogP contribution in [0.15, 0.2) is 42.5 Å². The maximum atomic E-state index is 11.8. The molecule has 0 amide bonds. The summed E-state index contributed by atoms with van der Waals surface area (Å²) in [6, 6.07) is 12.7. The summed E-state index contributed by atoms with van der Waals surface area (Å²) < 4.78 is 16.1. The second kappa shape index (κ2) is 8.24. The van der Waals surface area contributed by atoms with Crippen LogP contribution in [-0.4, -0.2) is 31.9 Å². The highest BCUT2D eigenvalue weighted by Crippen LogP contribution is 2.33. The minimum Gasteiger partial charge on any atom is -0.496 e. The van der Waals surface area contributed by atoms with Gasteiger partial charge in [-0.2, -0.15) is 0 Å². The van der Waals surface area contributed by atoms with E-state index in [1.54, 1.807) is 25.3 Å². The second-order valence-corrected chi connectivity index (χ2v) is 5.26. The minimum atomic E-state index is -0.895. The Labute approximate surface area is 141 Å². The summed E-state index contributed by atoms with van der Waals surface area (Å²) in [5, 5.41) is 9.67. The fraction of sp³-hybridized carbons (Fsp3) is 0.316. The monoisotopic (exact) mass is 330 g/mol. The molecule has 0 fully saturated rings. The Kier molecular flexibility index (Phi) is 6.07. The Bertz CT molecular complexity index is 696. The number of carboxylic acid groups (broad SMARTS) is 1. The molecule has 5 nitrogen and oxygen atoms in total. The first-order valence-corrected chi connectivity index (χ1v) is 7.76. The summed E-state index contributed by atoms with van der Waals surface area (Å²) in [6.45, 7) is 2.40. The van der Waals surface area contributed by atoms with Gasteiger partial charge in [-0.15, -0.1) is 0 Å². The number of carbonyl (C=O) groups is 1. The molecule has 5 heteroatoms. The van der Waals surface area contributed by atoms with Crippen molar-refractivity contribution in [1.29, 1.82) is 0 Å². The summed E-state index contributed by atoms with van der Waals surface area (Å²) in [7, 11) is 3.12. The van der Waals surface area contributed by atoms with E-state index in [-0.39, 0.29) is 0 Å². The number of rotatable bonds is 8. The highest BCUT2D eigenvalue weighted by atomic mass is 16.5. The molecule has 0 saturated carbocycles. The number of hydrogen-bond acceptors (Lipinski definition) is 4. The van der Waals surface area contributed by atoms with Crippen molar-refractivity contribution in [2.75, 3.05) is 20.8 Å². The highest BCUT2D eigenvalue weighted by Gasteiger charge is 2.24. The lowest BCUT2D eigenvalue weighted by Crippen LogP contribution is -2.15. The van der Waals surface area contributed by atoms with Crippen LogP contribution >= 0.6 is 0 Å². The Morgan fingerprint density at radius 2 is 1.75 bits per heavy atom. The van der Waals surface area contributed by atoms with E-state index in [0.717, 1.165) is 5.56 Å². The number of carboxylic acids is 1. The fourth-order valence-electron chi connectivity index (χ4n) is 2.64. The van der Waals surface area contributed by atoms with Gasteiger partial charge in [0.15, 0.2) is 11.5 Å². The lowest BCUT2D eigenvalue weighted by atomic mass is 9.91. The van der Waals surface area contributed by atoms with Crippen LogP contribution < -0.4 is 14.2 Å². The maximum Gasteiger partial charge on any atom is 0.311 e. The predicted molar refractivity (Wildman–Crippen MR) is 91.2 cm³/mol. The van der Waals surface area contributed by atoms with Gasteiger partial charge in [0, 0.05) is 5.56 Å². The van der Waals surface area contributed by atoms with Crippen molar-refractivity contribution in [3.63, 3.8) is 0 Å². The number of benzene rings is 2. The third-order valence-corrected chi connectivity index (χ3v) is 3.78. The third kappa shape index (κ3) is 3.98. The predicted octanol–water partition coefficient (Wildman–Crippen LogP) is 3.51. The van der Waals surface area contributed by atoms with E-state index in [2.05, 4.69) is 0 Å². The topological polar surface area (TPSA) is 65.0 Å². The van der Waals surface area contributed by atoms with Gasteiger partial charge < -0.3 is 19.3 Å². The van der Waals surface area contributed by atoms with E-state index in [4.69, 9.17) is 14.2 Å². The molecule has 1 N–H and O–H groups in total. The Balaban J connectivity index is 2.35. The van der Waals surface area contributed by atoms with Crippen LogP contribution in [0.2, 0.25) is 0 Å². The summed E-state index contributed by atoms with van der Waals surface area (Å²) in [5.74, 6) is 0.215. The third-order valence-electron chi connectivity index (χ3n) is 3.78. The zero-order valence-corrected chi connectivity index (χ0v) is 14.1. The maximum absolute atomic E-state index is 11.8. The molecule has 0 aliphatic rings. The van der Waals surface area contributed by atoms with Gasteiger partial charge in [-0.25, -0.2) is 0 Å². The number of ether oxygens (including phenoxy) is 3. The minimum absolute atomic E-state index is 0.333. The van der Waals surface area contributed by atoms with E-state index in [1.807, 2.05) is 31.2 Å². The number of aliphatic carboxylic acids is 1. The van der Waals surface area contributed by atoms with E-state index in [1.165, 1.54) is 7.11 Å². The molecule has 0 radical (unpaired) electrons. The van der Waals surface area contributed by atoms with Crippen LogP contribution in [-0.2, 0) is 11.2 Å². The molecule has 0 aliphatic carbocycles. The molecule has 0 saturated heterocycles. The van der Waals surface area contributed by atoms with Gasteiger partial charge in [-0.05, 0) is 37.1 Å². The zero-order valence-electron chi connectivity index (χ0n) is 14.1. The van der Waals surface area contributed by atoms with Crippen LogP contribution in [0.1, 0.15) is 24.0 Å². The van der Waals surface area contributed by atoms with Gasteiger partial charge in [-0.1, -0.05) is 24.3 Å². The largest absolute Gasteiger partial charge is 0.496 e. The molecule has 0 aliphatic heterocycles. The molecule has 2 aromatic rings. The normalized spacial score (nSPS) is 11.6. The van der Waals surface area contributed by atoms with Crippen molar-refractivity contribution in [2.45, 2.75) is 19.3 Å². The Hall–Kier alpha value is -2.69. The van der Waals surface area contributed by atoms with Gasteiger partial charge >= 0.3 is 5.97 Å². The van der Waals surface area contributed by atoms with Gasteiger partial charge in [0.2, 0.25) is 0 Å². The van der Waals surface area contributed by atoms with E-state index < -0.39 is 11.9 Å². The van der Waals surface area contributed by atoms with Crippen LogP contribution in [0, 0.1) is 0 Å². The Morgan fingerprint density at radius 1 is 1.04 bits per heavy atom. The first-order valence-electron chi connectivity index (χ1n) is 7.76. The van der Waals surface area contributed by atoms with Crippen molar-refractivity contribution >= 4 is 5.97 Å². The van der Waals surface area contributed by atoms with E-state index >= 15 is 0 Å². The van der Waals surface area contributed by atoms with Crippen LogP contribution in [0.5, 0.6) is 17.2 Å². The zero-order chi connectivity index (χ0) is 17.5. The average molecular weight is 330 g/mol. The lowest BCUT2D eigenvalue weighted by Gasteiger charge is -2.17. The van der Waals surface area contributed by atoms with E-state index in [0.29, 0.717) is 35.8 Å². The fourth-order valence-corrected chi connectivity index (χ4v) is 2.64. The molecule has 128 valence electrons. The van der Waals surface area contributed by atoms with Crippen molar-refractivity contribution in [3.8, 4) is 17.2 Å². The SMILES string of the molecule is CCOc1cc(CC(C(=O)O)c2ccccc2OC)ccc1OC. The smallest absolute Gasteiger partial charge is 0.311 e. The van der Waals surface area contributed by atoms with Gasteiger partial charge in [0.1, 0.15) is 5.75 Å². The van der Waals surface area contributed by atoms with Crippen molar-refractivity contribution in [1.82, 2.24) is 0 Å². The van der Waals surface area contributed by atoms with Crippen LogP contribution in [0.25, 0.3) is 0 Å². The summed E-state index contributed by atoms with van der Waals surface area (Å²) in [6.07, 6.45) is 0.333. The number of methoxy groups -OCH3 is 2. The Morgan fingerprint density at radius 3 is 2.38 bits per heavy atom. The van der Waals surface area contributed by atoms with Crippen LogP contribution in [0.3, 0.4) is 0 Å². The molecule has 24 heavy (non-hydrogen) atoms. The molecule has 0 heterocycles. The van der Waals surface area contributed by atoms with Crippen molar-refractivity contribution < 1.29 is 24.1 Å². The van der Waals surface area contributed by atoms with Gasteiger partial charge in [0.05, 0.1) is 26.7 Å². The molecule has 2 aromatic carbocycles. The van der Waals surface area contributed by atoms with Gasteiger partial charge in [0.25, 0.3) is 0 Å². The quantitative estimate of drug-likeness (QED) is 0.802. The molecule has 1 unspecified atom stereocenters. The number of para-hydroxylation sites is 1. The first kappa shape index (κ1) is 17.7. The van der Waals surface area contributed by atoms with Gasteiger partial charge in [-0.3, -0.25) is 4.79 Å². The lowest BCUT2D eigenvalue weighted by molar-refractivity contribution is -0.138. The average Bonchev–Trinajstić information content (AvgIpc) is 2.60. The van der Waals surface area contributed by atoms with E-state index in [9.17, 15) is 9.90 Å². The van der Waals surface area contributed by atoms with Crippen LogP contribution in [0.4, 0.5) is 0 Å². The van der Waals surface area contributed by atoms with Crippen molar-refractivity contribution in [2.24, 2.45) is 0 Å². The summed E-state index contributed by atoms with van der Waals surface area (Å²) in [5.41, 5.74) is 1.51. The molecule has 1 atom stereocenters. The standard InChI is InChI=1S/C19H22O5/c1-4-24-18-12-13(9-10-17(18)23-3)11-15(19(20)21)14-7-5-6-8-16(14)22-2/h5-10,12,15H,4,11H2,1-3H3,(H,20,21).